The zero-order valence-electron chi connectivity index (χ0n) is 5.00. The molecule has 0 radical (unpaired) electrons. The molecule has 0 atom stereocenters. The van der Waals surface area contributed by atoms with Gasteiger partial charge in [-0.3, -0.25) is 0 Å². The van der Waals surface area contributed by atoms with Crippen LogP contribution in [0.15, 0.2) is 12.2 Å². The molecular weight excluding hydrogens is 124 g/mol. The Labute approximate surface area is 52.4 Å². The first kappa shape index (κ1) is 8.13. The summed E-state index contributed by atoms with van der Waals surface area (Å²) in [5, 5.41) is 16.1. The van der Waals surface area contributed by atoms with Crippen LogP contribution in [-0.4, -0.2) is 22.7 Å². The third-order valence-electron chi connectivity index (χ3n) is 0.561. The molecule has 0 rings (SSSR count). The van der Waals surface area contributed by atoms with E-state index < -0.39 is 12.4 Å². The van der Waals surface area contributed by atoms with Crippen molar-refractivity contribution in [2.24, 2.45) is 0 Å². The monoisotopic (exact) mass is 132 g/mol. The number of ether oxygens (including phenoxy) is 1. The fraction of sp³-hybridized carbons (Fsp3) is 0.400. The minimum Gasteiger partial charge on any atom is -0.407 e. The van der Waals surface area contributed by atoms with Gasteiger partial charge in [0, 0.05) is 5.57 Å². The lowest BCUT2D eigenvalue weighted by molar-refractivity contribution is -0.226. The highest BCUT2D eigenvalue weighted by molar-refractivity contribution is 5.86. The third kappa shape index (κ3) is 3.69. The van der Waals surface area contributed by atoms with Crippen LogP contribution in [0.5, 0.6) is 0 Å². The third-order valence-corrected chi connectivity index (χ3v) is 0.561. The highest BCUT2D eigenvalue weighted by atomic mass is 16.7. The van der Waals surface area contributed by atoms with Gasteiger partial charge in [-0.05, 0) is 6.92 Å². The number of hydrogen-bond acceptors (Lipinski definition) is 4. The molecule has 0 saturated carbocycles. The van der Waals surface area contributed by atoms with Crippen molar-refractivity contribution < 1.29 is 19.7 Å². The van der Waals surface area contributed by atoms with E-state index >= 15 is 0 Å². The maximum absolute atomic E-state index is 10.3. The minimum atomic E-state index is -2.05. The van der Waals surface area contributed by atoms with Gasteiger partial charge in [-0.25, -0.2) is 4.79 Å². The van der Waals surface area contributed by atoms with Crippen LogP contribution in [0.2, 0.25) is 0 Å². The Morgan fingerprint density at radius 3 is 2.22 bits per heavy atom. The van der Waals surface area contributed by atoms with Crippen molar-refractivity contribution in [2.45, 2.75) is 13.4 Å². The lowest BCUT2D eigenvalue weighted by atomic mass is 10.4. The fourth-order valence-corrected chi connectivity index (χ4v) is 0.196. The van der Waals surface area contributed by atoms with E-state index in [1.54, 1.807) is 0 Å². The van der Waals surface area contributed by atoms with Crippen molar-refractivity contribution in [3.63, 3.8) is 0 Å². The van der Waals surface area contributed by atoms with Gasteiger partial charge in [0.05, 0.1) is 0 Å². The molecule has 0 bridgehead atoms. The average molecular weight is 132 g/mol. The Bertz CT molecular complexity index is 127. The van der Waals surface area contributed by atoms with Crippen molar-refractivity contribution in [2.75, 3.05) is 0 Å². The van der Waals surface area contributed by atoms with E-state index in [9.17, 15) is 4.79 Å². The summed E-state index contributed by atoms with van der Waals surface area (Å²) in [5.41, 5.74) is 0.128. The second-order valence-corrected chi connectivity index (χ2v) is 1.51. The number of hydrogen-bond donors (Lipinski definition) is 2. The molecule has 0 fully saturated rings. The highest BCUT2D eigenvalue weighted by Crippen LogP contribution is 1.92. The summed E-state index contributed by atoms with van der Waals surface area (Å²) in [7, 11) is 0. The van der Waals surface area contributed by atoms with E-state index in [0.29, 0.717) is 0 Å². The normalized spacial score (nSPS) is 9.33. The number of aliphatic hydroxyl groups is 2. The van der Waals surface area contributed by atoms with Crippen molar-refractivity contribution in [1.29, 1.82) is 0 Å². The standard InChI is InChI=1S/C5H8O4/c1-3(2)4(6)9-5(7)8/h5,7-8H,1H2,2H3. The van der Waals surface area contributed by atoms with Gasteiger partial charge >= 0.3 is 12.4 Å². The molecule has 4 nitrogen and oxygen atoms in total. The van der Waals surface area contributed by atoms with E-state index in [1.165, 1.54) is 6.92 Å². The molecule has 0 aliphatic heterocycles. The molecule has 4 heteroatoms. The second-order valence-electron chi connectivity index (χ2n) is 1.51. The Balaban J connectivity index is 3.65. The highest BCUT2D eigenvalue weighted by Gasteiger charge is 2.06. The Morgan fingerprint density at radius 2 is 2.11 bits per heavy atom. The van der Waals surface area contributed by atoms with Gasteiger partial charge < -0.3 is 14.9 Å². The van der Waals surface area contributed by atoms with Gasteiger partial charge in [-0.2, -0.15) is 0 Å². The van der Waals surface area contributed by atoms with E-state index in [-0.39, 0.29) is 5.57 Å². The minimum absolute atomic E-state index is 0.128. The maximum Gasteiger partial charge on any atom is 0.337 e. The molecule has 0 aromatic rings. The largest absolute Gasteiger partial charge is 0.407 e. The molecular formula is C5H8O4. The molecule has 0 heterocycles. The quantitative estimate of drug-likeness (QED) is 0.298. The van der Waals surface area contributed by atoms with Crippen molar-refractivity contribution in [1.82, 2.24) is 0 Å². The van der Waals surface area contributed by atoms with Gasteiger partial charge in [-0.15, -0.1) is 0 Å². The molecule has 52 valence electrons. The number of esters is 1. The van der Waals surface area contributed by atoms with Gasteiger partial charge in [0.25, 0.3) is 0 Å². The van der Waals surface area contributed by atoms with Crippen LogP contribution >= 0.6 is 0 Å². The van der Waals surface area contributed by atoms with Crippen LogP contribution < -0.4 is 0 Å². The fourth-order valence-electron chi connectivity index (χ4n) is 0.196. The first-order valence-corrected chi connectivity index (χ1v) is 2.26. The molecule has 0 saturated heterocycles. The summed E-state index contributed by atoms with van der Waals surface area (Å²) in [4.78, 5) is 10.3. The predicted octanol–water partition coefficient (Wildman–Crippen LogP) is -0.626. The summed E-state index contributed by atoms with van der Waals surface area (Å²) in [6, 6.07) is 0. The number of carbonyl (C=O) groups excluding carboxylic acids is 1. The lowest BCUT2D eigenvalue weighted by Crippen LogP contribution is -2.16. The SMILES string of the molecule is C=C(C)C(=O)OC(O)O. The number of aliphatic hydroxyl groups excluding tert-OH is 1. The van der Waals surface area contributed by atoms with Gasteiger partial charge in [0.1, 0.15) is 0 Å². The van der Waals surface area contributed by atoms with Crippen LogP contribution in [0.3, 0.4) is 0 Å². The summed E-state index contributed by atoms with van der Waals surface area (Å²) >= 11 is 0. The second kappa shape index (κ2) is 3.21. The lowest BCUT2D eigenvalue weighted by Gasteiger charge is -2.03. The van der Waals surface area contributed by atoms with E-state index in [4.69, 9.17) is 10.2 Å². The topological polar surface area (TPSA) is 66.8 Å². The summed E-state index contributed by atoms with van der Waals surface area (Å²) < 4.78 is 3.88. The molecule has 0 aromatic heterocycles. The molecule has 2 N–H and O–H groups in total. The predicted molar refractivity (Wildman–Crippen MR) is 29.1 cm³/mol. The Hall–Kier alpha value is -0.870. The molecule has 0 spiro atoms. The van der Waals surface area contributed by atoms with Crippen molar-refractivity contribution >= 4 is 5.97 Å². The van der Waals surface area contributed by atoms with Crippen LogP contribution in [0.4, 0.5) is 0 Å². The Kier molecular flexibility index (Phi) is 2.90. The molecule has 0 aromatic carbocycles. The molecule has 0 aliphatic rings. The van der Waals surface area contributed by atoms with Crippen LogP contribution in [0.25, 0.3) is 0 Å². The van der Waals surface area contributed by atoms with Gasteiger partial charge in [0.15, 0.2) is 0 Å². The van der Waals surface area contributed by atoms with Crippen molar-refractivity contribution in [3.8, 4) is 0 Å². The van der Waals surface area contributed by atoms with Crippen LogP contribution in [-0.2, 0) is 9.53 Å². The zero-order chi connectivity index (χ0) is 7.44. The summed E-state index contributed by atoms with van der Waals surface area (Å²) in [6.07, 6.45) is 0. The van der Waals surface area contributed by atoms with E-state index in [1.807, 2.05) is 0 Å². The molecule has 0 unspecified atom stereocenters. The average Bonchev–Trinajstić information content (AvgIpc) is 1.63. The molecule has 0 aliphatic carbocycles. The number of carbonyl (C=O) groups is 1. The van der Waals surface area contributed by atoms with Crippen LogP contribution in [0.1, 0.15) is 6.92 Å². The van der Waals surface area contributed by atoms with E-state index in [2.05, 4.69) is 11.3 Å². The smallest absolute Gasteiger partial charge is 0.337 e. The molecule has 9 heavy (non-hydrogen) atoms. The number of rotatable bonds is 2. The van der Waals surface area contributed by atoms with Gasteiger partial charge in [-0.1, -0.05) is 6.58 Å². The summed E-state index contributed by atoms with van der Waals surface area (Å²) in [6.45, 7) is 2.57. The maximum atomic E-state index is 10.3. The van der Waals surface area contributed by atoms with Gasteiger partial charge in [0.2, 0.25) is 0 Å². The first-order chi connectivity index (χ1) is 4.04. The first-order valence-electron chi connectivity index (χ1n) is 2.26. The van der Waals surface area contributed by atoms with Crippen molar-refractivity contribution in [3.05, 3.63) is 12.2 Å². The summed E-state index contributed by atoms with van der Waals surface area (Å²) in [5.74, 6) is -0.815. The zero-order valence-corrected chi connectivity index (χ0v) is 5.00. The van der Waals surface area contributed by atoms with Crippen LogP contribution in [0, 0.1) is 0 Å². The van der Waals surface area contributed by atoms with E-state index in [0.717, 1.165) is 0 Å². The molecule has 0 amide bonds. The Morgan fingerprint density at radius 1 is 1.67 bits per heavy atom.